The predicted octanol–water partition coefficient (Wildman–Crippen LogP) is 2.49. The van der Waals surface area contributed by atoms with E-state index in [1.54, 1.807) is 12.1 Å². The minimum Gasteiger partial charge on any atom is -0.306 e. The van der Waals surface area contributed by atoms with Crippen LogP contribution in [0.25, 0.3) is 0 Å². The first kappa shape index (κ1) is 15.7. The lowest BCUT2D eigenvalue weighted by Crippen LogP contribution is -2.18. The van der Waals surface area contributed by atoms with Crippen LogP contribution in [0.15, 0.2) is 53.4 Å². The second-order valence-electron chi connectivity index (χ2n) is 5.21. The number of hydrogen-bond donors (Lipinski definition) is 2. The van der Waals surface area contributed by atoms with Crippen molar-refractivity contribution in [3.63, 3.8) is 0 Å². The molecule has 0 heterocycles. The average molecular weight is 304 g/mol. The van der Waals surface area contributed by atoms with E-state index in [2.05, 4.69) is 37.4 Å². The largest absolute Gasteiger partial charge is 0.306 e. The predicted molar refractivity (Wildman–Crippen MR) is 84.2 cm³/mol. The van der Waals surface area contributed by atoms with E-state index in [-0.39, 0.29) is 10.9 Å². The third kappa shape index (κ3) is 4.39. The Morgan fingerprint density at radius 1 is 1.14 bits per heavy atom. The molecular formula is C16H20N2O2S. The van der Waals surface area contributed by atoms with Crippen molar-refractivity contribution in [1.29, 1.82) is 0 Å². The highest BCUT2D eigenvalue weighted by Crippen LogP contribution is 2.15. The monoisotopic (exact) mass is 304 g/mol. The number of aryl methyl sites for hydroxylation is 1. The van der Waals surface area contributed by atoms with Gasteiger partial charge in [-0.1, -0.05) is 42.0 Å². The second-order valence-corrected chi connectivity index (χ2v) is 6.77. The van der Waals surface area contributed by atoms with Crippen LogP contribution in [0.4, 0.5) is 0 Å². The number of rotatable bonds is 5. The number of nitrogens with one attached hydrogen (secondary N) is 1. The van der Waals surface area contributed by atoms with Crippen LogP contribution in [-0.4, -0.2) is 8.42 Å². The van der Waals surface area contributed by atoms with E-state index in [1.165, 1.54) is 23.3 Å². The van der Waals surface area contributed by atoms with Gasteiger partial charge in [-0.05, 0) is 37.1 Å². The molecule has 0 saturated heterocycles. The summed E-state index contributed by atoms with van der Waals surface area (Å²) in [6.45, 7) is 4.84. The molecule has 0 aromatic heterocycles. The van der Waals surface area contributed by atoms with Crippen LogP contribution in [0.3, 0.4) is 0 Å². The zero-order valence-electron chi connectivity index (χ0n) is 12.2. The van der Waals surface area contributed by atoms with Crippen LogP contribution in [0.2, 0.25) is 0 Å². The first-order valence-corrected chi connectivity index (χ1v) is 8.32. The summed E-state index contributed by atoms with van der Waals surface area (Å²) in [5.41, 5.74) is 3.48. The van der Waals surface area contributed by atoms with Gasteiger partial charge in [-0.25, -0.2) is 13.6 Å². The topological polar surface area (TPSA) is 72.2 Å². The summed E-state index contributed by atoms with van der Waals surface area (Å²) in [5, 5.41) is 8.50. The van der Waals surface area contributed by atoms with Crippen molar-refractivity contribution in [3.8, 4) is 0 Å². The molecule has 2 aromatic rings. The molecule has 0 saturated carbocycles. The fraction of sp³-hybridized carbons (Fsp3) is 0.250. The van der Waals surface area contributed by atoms with Crippen molar-refractivity contribution in [2.75, 3.05) is 0 Å². The Labute approximate surface area is 126 Å². The number of nitrogens with two attached hydrogens (primary N) is 1. The maximum Gasteiger partial charge on any atom is 0.238 e. The van der Waals surface area contributed by atoms with Crippen LogP contribution < -0.4 is 10.5 Å². The molecule has 112 valence electrons. The first-order chi connectivity index (χ1) is 9.86. The Kier molecular flexibility index (Phi) is 4.77. The molecule has 2 aromatic carbocycles. The highest BCUT2D eigenvalue weighted by atomic mass is 32.2. The number of primary sulfonamides is 1. The third-order valence-corrected chi connectivity index (χ3v) is 4.34. The molecule has 1 unspecified atom stereocenters. The van der Waals surface area contributed by atoms with Gasteiger partial charge in [0.05, 0.1) is 4.90 Å². The summed E-state index contributed by atoms with van der Waals surface area (Å²) in [6.07, 6.45) is 0. The minimum atomic E-state index is -3.62. The van der Waals surface area contributed by atoms with Crippen molar-refractivity contribution in [3.05, 3.63) is 65.2 Å². The molecule has 0 radical (unpaired) electrons. The van der Waals surface area contributed by atoms with Gasteiger partial charge in [-0.3, -0.25) is 0 Å². The van der Waals surface area contributed by atoms with Gasteiger partial charge in [0.1, 0.15) is 0 Å². The summed E-state index contributed by atoms with van der Waals surface area (Å²) in [5.74, 6) is 0. The van der Waals surface area contributed by atoms with E-state index in [0.717, 1.165) is 5.56 Å². The summed E-state index contributed by atoms with van der Waals surface area (Å²) >= 11 is 0. The zero-order valence-corrected chi connectivity index (χ0v) is 13.0. The SMILES string of the molecule is Cc1cccc(C(C)NCc2ccc(S(N)(=O)=O)cc2)c1. The zero-order chi connectivity index (χ0) is 15.5. The molecule has 3 N–H and O–H groups in total. The Balaban J connectivity index is 2.00. The van der Waals surface area contributed by atoms with Gasteiger partial charge >= 0.3 is 0 Å². The van der Waals surface area contributed by atoms with Gasteiger partial charge in [-0.2, -0.15) is 0 Å². The lowest BCUT2D eigenvalue weighted by molar-refractivity contribution is 0.574. The molecule has 0 spiro atoms. The molecule has 1 atom stereocenters. The van der Waals surface area contributed by atoms with Gasteiger partial charge in [0.15, 0.2) is 0 Å². The first-order valence-electron chi connectivity index (χ1n) is 6.78. The molecule has 0 fully saturated rings. The summed E-state index contributed by atoms with van der Waals surface area (Å²) in [6, 6.07) is 15.2. The Hall–Kier alpha value is -1.69. The van der Waals surface area contributed by atoms with Gasteiger partial charge < -0.3 is 5.32 Å². The van der Waals surface area contributed by atoms with E-state index in [0.29, 0.717) is 6.54 Å². The van der Waals surface area contributed by atoms with Gasteiger partial charge in [0, 0.05) is 12.6 Å². The molecule has 2 rings (SSSR count). The van der Waals surface area contributed by atoms with E-state index in [9.17, 15) is 8.42 Å². The van der Waals surface area contributed by atoms with Crippen molar-refractivity contribution < 1.29 is 8.42 Å². The van der Waals surface area contributed by atoms with Crippen LogP contribution in [0.5, 0.6) is 0 Å². The highest BCUT2D eigenvalue weighted by molar-refractivity contribution is 7.89. The van der Waals surface area contributed by atoms with Gasteiger partial charge in [0.2, 0.25) is 10.0 Å². The van der Waals surface area contributed by atoms with E-state index in [4.69, 9.17) is 5.14 Å². The maximum absolute atomic E-state index is 11.2. The maximum atomic E-state index is 11.2. The Morgan fingerprint density at radius 3 is 2.38 bits per heavy atom. The standard InChI is InChI=1S/C16H20N2O2S/c1-12-4-3-5-15(10-12)13(2)18-11-14-6-8-16(9-7-14)21(17,19)20/h3-10,13,18H,11H2,1-2H3,(H2,17,19,20). The lowest BCUT2D eigenvalue weighted by Gasteiger charge is -2.15. The number of sulfonamides is 1. The summed E-state index contributed by atoms with van der Waals surface area (Å²) in [4.78, 5) is 0.137. The van der Waals surface area contributed by atoms with Crippen molar-refractivity contribution >= 4 is 10.0 Å². The van der Waals surface area contributed by atoms with Gasteiger partial charge in [0.25, 0.3) is 0 Å². The molecule has 0 aliphatic rings. The molecule has 0 bridgehead atoms. The quantitative estimate of drug-likeness (QED) is 0.891. The van der Waals surface area contributed by atoms with Crippen LogP contribution in [-0.2, 0) is 16.6 Å². The fourth-order valence-electron chi connectivity index (χ4n) is 2.13. The highest BCUT2D eigenvalue weighted by Gasteiger charge is 2.08. The van der Waals surface area contributed by atoms with Crippen molar-refractivity contribution in [2.45, 2.75) is 31.3 Å². The van der Waals surface area contributed by atoms with Gasteiger partial charge in [-0.15, -0.1) is 0 Å². The molecule has 4 nitrogen and oxygen atoms in total. The van der Waals surface area contributed by atoms with Crippen LogP contribution >= 0.6 is 0 Å². The molecule has 21 heavy (non-hydrogen) atoms. The number of benzene rings is 2. The Bertz CT molecular complexity index is 709. The van der Waals surface area contributed by atoms with E-state index >= 15 is 0 Å². The smallest absolute Gasteiger partial charge is 0.238 e. The van der Waals surface area contributed by atoms with E-state index < -0.39 is 10.0 Å². The Morgan fingerprint density at radius 2 is 1.81 bits per heavy atom. The fourth-order valence-corrected chi connectivity index (χ4v) is 2.64. The minimum absolute atomic E-state index is 0.137. The summed E-state index contributed by atoms with van der Waals surface area (Å²) < 4.78 is 22.4. The van der Waals surface area contributed by atoms with Crippen molar-refractivity contribution in [1.82, 2.24) is 5.32 Å². The second kappa shape index (κ2) is 6.39. The molecular weight excluding hydrogens is 284 g/mol. The molecule has 0 amide bonds. The summed E-state index contributed by atoms with van der Waals surface area (Å²) in [7, 11) is -3.62. The lowest BCUT2D eigenvalue weighted by atomic mass is 10.1. The number of hydrogen-bond acceptors (Lipinski definition) is 3. The molecule has 5 heteroatoms. The molecule has 0 aliphatic carbocycles. The van der Waals surface area contributed by atoms with Crippen LogP contribution in [0, 0.1) is 6.92 Å². The van der Waals surface area contributed by atoms with E-state index in [1.807, 2.05) is 6.07 Å². The van der Waals surface area contributed by atoms with Crippen LogP contribution in [0.1, 0.15) is 29.7 Å². The normalized spacial score (nSPS) is 13.1. The average Bonchev–Trinajstić information content (AvgIpc) is 2.44. The third-order valence-electron chi connectivity index (χ3n) is 3.41. The molecule has 0 aliphatic heterocycles. The van der Waals surface area contributed by atoms with Crippen molar-refractivity contribution in [2.24, 2.45) is 5.14 Å².